The van der Waals surface area contributed by atoms with Gasteiger partial charge in [0, 0.05) is 32.1 Å². The van der Waals surface area contributed by atoms with Crippen LogP contribution in [0.2, 0.25) is 0 Å². The Morgan fingerprint density at radius 2 is 1.80 bits per heavy atom. The van der Waals surface area contributed by atoms with E-state index in [2.05, 4.69) is 37.7 Å². The second-order valence-corrected chi connectivity index (χ2v) is 9.26. The van der Waals surface area contributed by atoms with Crippen LogP contribution < -0.4 is 20.1 Å². The predicted molar refractivity (Wildman–Crippen MR) is 145 cm³/mol. The number of hydrogen-bond donors (Lipinski definition) is 3. The Labute approximate surface area is 229 Å². The number of aromatic nitrogens is 4. The first-order valence-corrected chi connectivity index (χ1v) is 13.0. The van der Waals surface area contributed by atoms with Crippen LogP contribution in [0.1, 0.15) is 27.9 Å². The third-order valence-electron chi connectivity index (χ3n) is 6.50. The molecule has 0 unspecified atom stereocenters. The van der Waals surface area contributed by atoms with Gasteiger partial charge >= 0.3 is 0 Å². The molecule has 6 rings (SSSR count). The zero-order valence-corrected chi connectivity index (χ0v) is 21.6. The van der Waals surface area contributed by atoms with Gasteiger partial charge in [-0.25, -0.2) is 14.4 Å². The fourth-order valence-corrected chi connectivity index (χ4v) is 4.44. The van der Waals surface area contributed by atoms with E-state index in [9.17, 15) is 9.18 Å². The Morgan fingerprint density at radius 1 is 0.975 bits per heavy atom. The highest BCUT2D eigenvalue weighted by atomic mass is 19.1. The van der Waals surface area contributed by atoms with Crippen molar-refractivity contribution in [2.24, 2.45) is 0 Å². The van der Waals surface area contributed by atoms with Crippen molar-refractivity contribution in [1.82, 2.24) is 30.6 Å². The number of imidazole rings is 1. The van der Waals surface area contributed by atoms with Crippen molar-refractivity contribution in [3.05, 3.63) is 89.9 Å². The number of carbonyl (C=O) groups excluding carboxylic acids is 1. The van der Waals surface area contributed by atoms with E-state index < -0.39 is 11.7 Å². The molecule has 0 radical (unpaired) electrons. The number of halogens is 1. The molecule has 1 aliphatic rings. The number of H-pyrrole nitrogens is 1. The van der Waals surface area contributed by atoms with E-state index in [1.807, 2.05) is 24.3 Å². The van der Waals surface area contributed by atoms with Gasteiger partial charge in [-0.2, -0.15) is 0 Å². The van der Waals surface area contributed by atoms with Crippen LogP contribution in [0.5, 0.6) is 11.5 Å². The number of hydrogen-bond acceptors (Lipinski definition) is 8. The van der Waals surface area contributed by atoms with Crippen LogP contribution in [0, 0.1) is 5.82 Å². The minimum absolute atomic E-state index is 0.0310. The molecule has 204 valence electrons. The molecule has 1 amide bonds. The molecule has 0 spiro atoms. The maximum Gasteiger partial charge on any atom is 0.273 e. The molecule has 10 nitrogen and oxygen atoms in total. The van der Waals surface area contributed by atoms with E-state index >= 15 is 0 Å². The molecular formula is C29H27FN6O4. The van der Waals surface area contributed by atoms with Crippen LogP contribution in [-0.2, 0) is 19.4 Å². The van der Waals surface area contributed by atoms with Gasteiger partial charge in [-0.3, -0.25) is 9.78 Å². The topological polar surface area (TPSA) is 127 Å². The number of nitrogens with one attached hydrogen (secondary N) is 3. The Balaban J connectivity index is 0.969. The van der Waals surface area contributed by atoms with Crippen molar-refractivity contribution >= 4 is 16.9 Å². The average molecular weight is 543 g/mol. The van der Waals surface area contributed by atoms with Crippen LogP contribution in [0.15, 0.2) is 65.4 Å². The molecule has 0 saturated carbocycles. The number of rotatable bonds is 10. The van der Waals surface area contributed by atoms with Gasteiger partial charge in [0.25, 0.3) is 5.91 Å². The van der Waals surface area contributed by atoms with Crippen molar-refractivity contribution in [2.45, 2.75) is 19.4 Å². The van der Waals surface area contributed by atoms with E-state index in [1.54, 1.807) is 0 Å². The smallest absolute Gasteiger partial charge is 0.273 e. The number of aromatic amines is 1. The molecule has 5 aromatic rings. The summed E-state index contributed by atoms with van der Waals surface area (Å²) in [5, 5.41) is 5.95. The Morgan fingerprint density at radius 3 is 2.70 bits per heavy atom. The molecular weight excluding hydrogens is 515 g/mol. The Kier molecular flexibility index (Phi) is 7.36. The molecule has 0 bridgehead atoms. The van der Waals surface area contributed by atoms with Gasteiger partial charge in [-0.15, -0.1) is 0 Å². The van der Waals surface area contributed by atoms with E-state index in [1.165, 1.54) is 24.6 Å². The highest BCUT2D eigenvalue weighted by Crippen LogP contribution is 2.35. The van der Waals surface area contributed by atoms with Gasteiger partial charge in [-0.05, 0) is 47.5 Å². The summed E-state index contributed by atoms with van der Waals surface area (Å²) in [6.07, 6.45) is 4.00. The number of carbonyl (C=O) groups is 1. The lowest BCUT2D eigenvalue weighted by Crippen LogP contribution is -2.24. The number of oxazole rings is 1. The lowest BCUT2D eigenvalue weighted by atomic mass is 10.0. The summed E-state index contributed by atoms with van der Waals surface area (Å²) in [6.45, 7) is 2.42. The van der Waals surface area contributed by atoms with Crippen LogP contribution in [0.3, 0.4) is 0 Å². The number of amides is 1. The van der Waals surface area contributed by atoms with Gasteiger partial charge < -0.3 is 29.5 Å². The molecule has 0 fully saturated rings. The molecule has 4 heterocycles. The van der Waals surface area contributed by atoms with Crippen LogP contribution in [0.4, 0.5) is 4.39 Å². The lowest BCUT2D eigenvalue weighted by Gasteiger charge is -2.18. The van der Waals surface area contributed by atoms with Crippen molar-refractivity contribution in [3.63, 3.8) is 0 Å². The van der Waals surface area contributed by atoms with Crippen LogP contribution >= 0.6 is 0 Å². The molecule has 40 heavy (non-hydrogen) atoms. The average Bonchev–Trinajstić information content (AvgIpc) is 3.63. The molecule has 1 aliphatic heterocycles. The number of nitrogens with zero attached hydrogens (tertiary/aromatic N) is 3. The van der Waals surface area contributed by atoms with Crippen molar-refractivity contribution in [2.75, 3.05) is 26.3 Å². The van der Waals surface area contributed by atoms with Gasteiger partial charge in [0.05, 0.1) is 23.3 Å². The third-order valence-corrected chi connectivity index (χ3v) is 6.50. The summed E-state index contributed by atoms with van der Waals surface area (Å²) < 4.78 is 30.4. The number of pyridine rings is 1. The first-order valence-electron chi connectivity index (χ1n) is 13.0. The Bertz CT molecular complexity index is 1650. The predicted octanol–water partition coefficient (Wildman–Crippen LogP) is 3.83. The molecule has 0 aliphatic carbocycles. The molecule has 3 aromatic heterocycles. The Hall–Kier alpha value is -4.77. The second kappa shape index (κ2) is 11.5. The summed E-state index contributed by atoms with van der Waals surface area (Å²) in [5.41, 5.74) is 4.29. The van der Waals surface area contributed by atoms with Gasteiger partial charge in [0.2, 0.25) is 0 Å². The fraction of sp³-hybridized carbons (Fsp3) is 0.241. The summed E-state index contributed by atoms with van der Waals surface area (Å²) in [7, 11) is 0. The highest BCUT2D eigenvalue weighted by molar-refractivity contribution is 5.91. The first kappa shape index (κ1) is 25.5. The number of benzene rings is 2. The van der Waals surface area contributed by atoms with Crippen molar-refractivity contribution in [3.8, 4) is 22.6 Å². The minimum Gasteiger partial charge on any atom is -0.486 e. The van der Waals surface area contributed by atoms with Gasteiger partial charge in [0.15, 0.2) is 23.1 Å². The lowest BCUT2D eigenvalue weighted by molar-refractivity contribution is 0.0945. The van der Waals surface area contributed by atoms with Gasteiger partial charge in [0.1, 0.15) is 31.1 Å². The number of ether oxygens (including phenoxy) is 2. The molecule has 11 heteroatoms. The third kappa shape index (κ3) is 5.79. The summed E-state index contributed by atoms with van der Waals surface area (Å²) in [5.74, 6) is 1.94. The second-order valence-electron chi connectivity index (χ2n) is 9.26. The summed E-state index contributed by atoms with van der Waals surface area (Å²) >= 11 is 0. The first-order chi connectivity index (χ1) is 19.6. The fourth-order valence-electron chi connectivity index (χ4n) is 4.44. The van der Waals surface area contributed by atoms with E-state index in [0.717, 1.165) is 45.9 Å². The SMILES string of the molecule is O=C(NCc1ncccc1F)c1coc(CCNCCc2nc3cc(-c4ccc5c(c4)OCCO5)ccc3[nH]2)n1. The zero-order valence-electron chi connectivity index (χ0n) is 21.6. The molecule has 3 N–H and O–H groups in total. The van der Waals surface area contributed by atoms with Crippen LogP contribution in [0.25, 0.3) is 22.2 Å². The normalized spacial score (nSPS) is 12.5. The monoisotopic (exact) mass is 542 g/mol. The summed E-state index contributed by atoms with van der Waals surface area (Å²) in [4.78, 5) is 28.6. The van der Waals surface area contributed by atoms with Crippen molar-refractivity contribution < 1.29 is 23.1 Å². The highest BCUT2D eigenvalue weighted by Gasteiger charge is 2.15. The zero-order chi connectivity index (χ0) is 27.3. The maximum absolute atomic E-state index is 13.7. The van der Waals surface area contributed by atoms with Crippen molar-refractivity contribution in [1.29, 1.82) is 0 Å². The number of fused-ring (bicyclic) bond motifs is 2. The van der Waals surface area contributed by atoms with E-state index in [0.29, 0.717) is 38.6 Å². The van der Waals surface area contributed by atoms with E-state index in [-0.39, 0.29) is 17.9 Å². The standard InChI is InChI=1S/C29H27FN6O4/c30-20-2-1-9-32-23(20)16-33-29(37)24-17-40-28(36-24)8-11-31-10-7-27-34-21-5-3-18(14-22(21)35-27)19-4-6-25-26(15-19)39-13-12-38-25/h1-6,9,14-15,17,31H,7-8,10-13,16H2,(H,33,37)(H,34,35). The maximum atomic E-state index is 13.7. The van der Waals surface area contributed by atoms with E-state index in [4.69, 9.17) is 18.9 Å². The molecule has 0 saturated heterocycles. The van der Waals surface area contributed by atoms with Crippen LogP contribution in [-0.4, -0.2) is 52.1 Å². The quantitative estimate of drug-likeness (QED) is 0.227. The minimum atomic E-state index is -0.473. The molecule has 2 aromatic carbocycles. The summed E-state index contributed by atoms with van der Waals surface area (Å²) in [6, 6.07) is 14.9. The largest absolute Gasteiger partial charge is 0.486 e. The molecule has 0 atom stereocenters. The van der Waals surface area contributed by atoms with Gasteiger partial charge in [-0.1, -0.05) is 12.1 Å².